The van der Waals surface area contributed by atoms with E-state index in [9.17, 15) is 14.4 Å². The monoisotopic (exact) mass is 390 g/mol. The SMILES string of the molecule is CCC(C)OC(=O)CC1C(=O)NCCN1C(=O)c1cccc(OCC(C)C)c1. The number of ether oxygens (including phenoxy) is 2. The van der Waals surface area contributed by atoms with Crippen molar-refractivity contribution in [2.45, 2.75) is 52.7 Å². The first-order valence-corrected chi connectivity index (χ1v) is 9.82. The van der Waals surface area contributed by atoms with Crippen LogP contribution in [0.25, 0.3) is 0 Å². The number of hydrogen-bond donors (Lipinski definition) is 1. The Kier molecular flexibility index (Phi) is 7.84. The van der Waals surface area contributed by atoms with E-state index in [4.69, 9.17) is 9.47 Å². The number of nitrogens with one attached hydrogen (secondary N) is 1. The maximum Gasteiger partial charge on any atom is 0.308 e. The normalized spacial score (nSPS) is 17.8. The minimum absolute atomic E-state index is 0.161. The fraction of sp³-hybridized carbons (Fsp3) is 0.571. The van der Waals surface area contributed by atoms with Gasteiger partial charge in [0.15, 0.2) is 0 Å². The summed E-state index contributed by atoms with van der Waals surface area (Å²) < 4.78 is 11.0. The Morgan fingerprint density at radius 1 is 1.29 bits per heavy atom. The molecule has 28 heavy (non-hydrogen) atoms. The summed E-state index contributed by atoms with van der Waals surface area (Å²) in [6, 6.07) is 6.03. The van der Waals surface area contributed by atoms with E-state index in [0.717, 1.165) is 0 Å². The Morgan fingerprint density at radius 3 is 2.71 bits per heavy atom. The molecule has 0 radical (unpaired) electrons. The zero-order valence-corrected chi connectivity index (χ0v) is 17.1. The highest BCUT2D eigenvalue weighted by molar-refractivity contribution is 5.99. The highest BCUT2D eigenvalue weighted by atomic mass is 16.5. The van der Waals surface area contributed by atoms with Crippen molar-refractivity contribution in [3.05, 3.63) is 29.8 Å². The fourth-order valence-corrected chi connectivity index (χ4v) is 2.82. The first kappa shape index (κ1) is 21.7. The van der Waals surface area contributed by atoms with Crippen molar-refractivity contribution in [3.63, 3.8) is 0 Å². The lowest BCUT2D eigenvalue weighted by Gasteiger charge is -2.34. The van der Waals surface area contributed by atoms with Gasteiger partial charge in [-0.15, -0.1) is 0 Å². The molecule has 1 aromatic carbocycles. The van der Waals surface area contributed by atoms with Gasteiger partial charge in [0.2, 0.25) is 5.91 Å². The number of esters is 1. The summed E-state index contributed by atoms with van der Waals surface area (Å²) in [5.41, 5.74) is 0.427. The lowest BCUT2D eigenvalue weighted by Crippen LogP contribution is -2.57. The van der Waals surface area contributed by atoms with Crippen LogP contribution in [0.2, 0.25) is 0 Å². The fourth-order valence-electron chi connectivity index (χ4n) is 2.82. The smallest absolute Gasteiger partial charge is 0.308 e. The molecule has 0 bridgehead atoms. The standard InChI is InChI=1S/C21H30N2O5/c1-5-15(4)28-19(24)12-18-20(25)22-9-10-23(18)21(26)16-7-6-8-17(11-16)27-13-14(2)3/h6-8,11,14-15,18H,5,9-10,12-13H2,1-4H3,(H,22,25). The van der Waals surface area contributed by atoms with E-state index in [0.29, 0.717) is 43.3 Å². The second-order valence-electron chi connectivity index (χ2n) is 7.45. The average molecular weight is 390 g/mol. The van der Waals surface area contributed by atoms with Crippen molar-refractivity contribution in [3.8, 4) is 5.75 Å². The van der Waals surface area contributed by atoms with Gasteiger partial charge in [-0.2, -0.15) is 0 Å². The van der Waals surface area contributed by atoms with E-state index in [1.165, 1.54) is 4.90 Å². The Labute approximate surface area is 166 Å². The molecule has 2 rings (SSSR count). The summed E-state index contributed by atoms with van der Waals surface area (Å²) in [6.45, 7) is 9.04. The molecule has 1 aliphatic rings. The molecule has 1 aliphatic heterocycles. The van der Waals surface area contributed by atoms with Crippen LogP contribution in [0.1, 0.15) is 50.9 Å². The van der Waals surface area contributed by atoms with Crippen LogP contribution in [0.4, 0.5) is 0 Å². The Balaban J connectivity index is 2.13. The molecule has 0 aliphatic carbocycles. The van der Waals surface area contributed by atoms with Crippen LogP contribution in [0, 0.1) is 5.92 Å². The van der Waals surface area contributed by atoms with Crippen LogP contribution in [0.3, 0.4) is 0 Å². The topological polar surface area (TPSA) is 84.9 Å². The van der Waals surface area contributed by atoms with E-state index in [2.05, 4.69) is 5.32 Å². The second-order valence-corrected chi connectivity index (χ2v) is 7.45. The molecule has 1 fully saturated rings. The molecule has 2 atom stereocenters. The van der Waals surface area contributed by atoms with E-state index in [1.807, 2.05) is 20.8 Å². The van der Waals surface area contributed by atoms with Crippen LogP contribution < -0.4 is 10.1 Å². The van der Waals surface area contributed by atoms with Crippen LogP contribution in [-0.2, 0) is 14.3 Å². The molecule has 0 saturated carbocycles. The minimum atomic E-state index is -0.877. The van der Waals surface area contributed by atoms with E-state index in [-0.39, 0.29) is 24.3 Å². The van der Waals surface area contributed by atoms with Gasteiger partial charge in [-0.3, -0.25) is 14.4 Å². The second kappa shape index (κ2) is 10.1. The van der Waals surface area contributed by atoms with Crippen LogP contribution in [0.5, 0.6) is 5.75 Å². The maximum atomic E-state index is 13.0. The quantitative estimate of drug-likeness (QED) is 0.689. The van der Waals surface area contributed by atoms with Gasteiger partial charge in [0.25, 0.3) is 5.91 Å². The van der Waals surface area contributed by atoms with Crippen molar-refractivity contribution in [1.29, 1.82) is 0 Å². The molecule has 154 valence electrons. The highest BCUT2D eigenvalue weighted by Gasteiger charge is 2.35. The molecule has 7 heteroatoms. The third-order valence-corrected chi connectivity index (χ3v) is 4.52. The summed E-state index contributed by atoms with van der Waals surface area (Å²) in [5, 5.41) is 2.72. The first-order chi connectivity index (χ1) is 13.3. The van der Waals surface area contributed by atoms with Gasteiger partial charge in [-0.05, 0) is 37.5 Å². The van der Waals surface area contributed by atoms with Gasteiger partial charge in [0, 0.05) is 18.7 Å². The van der Waals surface area contributed by atoms with Crippen LogP contribution in [-0.4, -0.2) is 54.5 Å². The molecule has 2 unspecified atom stereocenters. The van der Waals surface area contributed by atoms with Gasteiger partial charge in [0.05, 0.1) is 19.1 Å². The largest absolute Gasteiger partial charge is 0.493 e. The lowest BCUT2D eigenvalue weighted by atomic mass is 10.1. The van der Waals surface area contributed by atoms with Gasteiger partial charge in [-0.25, -0.2) is 0 Å². The summed E-state index contributed by atoms with van der Waals surface area (Å²) in [4.78, 5) is 39.0. The van der Waals surface area contributed by atoms with Crippen molar-refractivity contribution in [1.82, 2.24) is 10.2 Å². The summed E-state index contributed by atoms with van der Waals surface area (Å²) in [6.07, 6.45) is 0.304. The zero-order chi connectivity index (χ0) is 20.7. The molecular weight excluding hydrogens is 360 g/mol. The van der Waals surface area contributed by atoms with Gasteiger partial charge in [0.1, 0.15) is 11.8 Å². The number of carbonyl (C=O) groups is 3. The van der Waals surface area contributed by atoms with Crippen molar-refractivity contribution in [2.75, 3.05) is 19.7 Å². The Bertz CT molecular complexity index is 704. The molecule has 2 amide bonds. The molecule has 1 N–H and O–H groups in total. The van der Waals surface area contributed by atoms with Crippen molar-refractivity contribution in [2.24, 2.45) is 5.92 Å². The lowest BCUT2D eigenvalue weighted by molar-refractivity contribution is -0.151. The van der Waals surface area contributed by atoms with Gasteiger partial charge < -0.3 is 19.7 Å². The molecule has 1 heterocycles. The number of carbonyl (C=O) groups excluding carboxylic acids is 3. The van der Waals surface area contributed by atoms with Gasteiger partial charge >= 0.3 is 5.97 Å². The molecule has 0 spiro atoms. The van der Waals surface area contributed by atoms with E-state index >= 15 is 0 Å². The van der Waals surface area contributed by atoms with Crippen molar-refractivity contribution >= 4 is 17.8 Å². The molecule has 7 nitrogen and oxygen atoms in total. The first-order valence-electron chi connectivity index (χ1n) is 9.82. The molecule has 1 saturated heterocycles. The minimum Gasteiger partial charge on any atom is -0.493 e. The zero-order valence-electron chi connectivity index (χ0n) is 17.1. The third-order valence-electron chi connectivity index (χ3n) is 4.52. The number of hydrogen-bond acceptors (Lipinski definition) is 5. The van der Waals surface area contributed by atoms with Crippen LogP contribution in [0.15, 0.2) is 24.3 Å². The Morgan fingerprint density at radius 2 is 2.04 bits per heavy atom. The third kappa shape index (κ3) is 5.97. The molecule has 0 aromatic heterocycles. The predicted molar refractivity (Wildman–Crippen MR) is 105 cm³/mol. The average Bonchev–Trinajstić information content (AvgIpc) is 2.67. The molecular formula is C21H30N2O5. The number of nitrogens with zero attached hydrogens (tertiary/aromatic N) is 1. The summed E-state index contributed by atoms with van der Waals surface area (Å²) in [5.74, 6) is -0.151. The number of amides is 2. The highest BCUT2D eigenvalue weighted by Crippen LogP contribution is 2.19. The van der Waals surface area contributed by atoms with E-state index in [1.54, 1.807) is 31.2 Å². The Hall–Kier alpha value is -2.57. The number of piperazine rings is 1. The van der Waals surface area contributed by atoms with E-state index < -0.39 is 12.0 Å². The summed E-state index contributed by atoms with van der Waals surface area (Å²) in [7, 11) is 0. The maximum absolute atomic E-state index is 13.0. The molecule has 1 aromatic rings. The predicted octanol–water partition coefficient (Wildman–Crippen LogP) is 2.39. The number of rotatable bonds is 8. The number of benzene rings is 1. The van der Waals surface area contributed by atoms with Crippen molar-refractivity contribution < 1.29 is 23.9 Å². The van der Waals surface area contributed by atoms with Gasteiger partial charge in [-0.1, -0.05) is 26.8 Å². The van der Waals surface area contributed by atoms with Crippen LogP contribution >= 0.6 is 0 Å². The summed E-state index contributed by atoms with van der Waals surface area (Å²) >= 11 is 0.